The van der Waals surface area contributed by atoms with Crippen molar-refractivity contribution in [2.45, 2.75) is 0 Å². The SMILES string of the molecule is O=C(Nc1ccc(Br)cc1Cl)c1ccc([N+](=O)[O-])c(Cl)c1. The highest BCUT2D eigenvalue weighted by molar-refractivity contribution is 9.10. The molecule has 0 fully saturated rings. The number of rotatable bonds is 3. The van der Waals surface area contributed by atoms with E-state index in [2.05, 4.69) is 21.2 Å². The van der Waals surface area contributed by atoms with Crippen molar-refractivity contribution in [2.24, 2.45) is 0 Å². The molecule has 2 rings (SSSR count). The summed E-state index contributed by atoms with van der Waals surface area (Å²) in [4.78, 5) is 22.1. The molecule has 0 aliphatic heterocycles. The zero-order valence-electron chi connectivity index (χ0n) is 10.3. The third-order valence-corrected chi connectivity index (χ3v) is 3.69. The summed E-state index contributed by atoms with van der Waals surface area (Å²) in [6.45, 7) is 0. The molecule has 0 atom stereocenters. The molecule has 2 aromatic carbocycles. The Hall–Kier alpha value is -1.63. The fourth-order valence-electron chi connectivity index (χ4n) is 1.58. The van der Waals surface area contributed by atoms with Crippen LogP contribution in [0.15, 0.2) is 40.9 Å². The van der Waals surface area contributed by atoms with Gasteiger partial charge in [0.1, 0.15) is 5.02 Å². The number of nitrogens with one attached hydrogen (secondary N) is 1. The van der Waals surface area contributed by atoms with E-state index >= 15 is 0 Å². The van der Waals surface area contributed by atoms with E-state index in [1.54, 1.807) is 18.2 Å². The van der Waals surface area contributed by atoms with E-state index < -0.39 is 10.8 Å². The first-order valence-corrected chi connectivity index (χ1v) is 7.13. The number of nitrogens with zero attached hydrogens (tertiary/aromatic N) is 1. The Bertz CT molecular complexity index is 737. The monoisotopic (exact) mass is 388 g/mol. The van der Waals surface area contributed by atoms with Crippen molar-refractivity contribution in [3.05, 3.63) is 66.6 Å². The minimum Gasteiger partial charge on any atom is -0.321 e. The topological polar surface area (TPSA) is 72.2 Å². The summed E-state index contributed by atoms with van der Waals surface area (Å²) in [5.74, 6) is -0.462. The number of benzene rings is 2. The van der Waals surface area contributed by atoms with Crippen LogP contribution in [0.1, 0.15) is 10.4 Å². The van der Waals surface area contributed by atoms with Crippen LogP contribution in [0.3, 0.4) is 0 Å². The normalized spacial score (nSPS) is 10.2. The van der Waals surface area contributed by atoms with Gasteiger partial charge in [-0.05, 0) is 30.3 Å². The predicted molar refractivity (Wildman–Crippen MR) is 85.2 cm³/mol. The smallest absolute Gasteiger partial charge is 0.287 e. The molecule has 1 N–H and O–H groups in total. The van der Waals surface area contributed by atoms with Crippen LogP contribution in [0.4, 0.5) is 11.4 Å². The lowest BCUT2D eigenvalue weighted by Gasteiger charge is -2.08. The first-order chi connectivity index (χ1) is 9.88. The van der Waals surface area contributed by atoms with Crippen molar-refractivity contribution in [1.29, 1.82) is 0 Å². The number of halogens is 3. The fourth-order valence-corrected chi connectivity index (χ4v) is 2.55. The number of anilines is 1. The highest BCUT2D eigenvalue weighted by Gasteiger charge is 2.16. The Kier molecular flexibility index (Phi) is 4.82. The maximum Gasteiger partial charge on any atom is 0.287 e. The first-order valence-electron chi connectivity index (χ1n) is 5.59. The number of carbonyl (C=O) groups excluding carboxylic acids is 1. The molecule has 0 aromatic heterocycles. The average molecular weight is 390 g/mol. The van der Waals surface area contributed by atoms with Gasteiger partial charge in [-0.3, -0.25) is 14.9 Å². The van der Waals surface area contributed by atoms with Gasteiger partial charge in [0.2, 0.25) is 0 Å². The molecule has 0 spiro atoms. The molecule has 0 unspecified atom stereocenters. The van der Waals surface area contributed by atoms with E-state index in [1.807, 2.05) is 0 Å². The molecular weight excluding hydrogens is 383 g/mol. The van der Waals surface area contributed by atoms with Crippen molar-refractivity contribution in [3.8, 4) is 0 Å². The highest BCUT2D eigenvalue weighted by atomic mass is 79.9. The quantitative estimate of drug-likeness (QED) is 0.598. The molecule has 0 heterocycles. The van der Waals surface area contributed by atoms with Gasteiger partial charge in [0, 0.05) is 16.1 Å². The minimum atomic E-state index is -0.615. The van der Waals surface area contributed by atoms with Crippen LogP contribution < -0.4 is 5.32 Å². The second-order valence-corrected chi connectivity index (χ2v) is 5.73. The van der Waals surface area contributed by atoms with Crippen LogP contribution in [-0.4, -0.2) is 10.8 Å². The minimum absolute atomic E-state index is 0.102. The summed E-state index contributed by atoms with van der Waals surface area (Å²) >= 11 is 15.0. The summed E-state index contributed by atoms with van der Waals surface area (Å²) in [6, 6.07) is 8.75. The van der Waals surface area contributed by atoms with Crippen LogP contribution >= 0.6 is 39.1 Å². The number of nitro groups is 1. The lowest BCUT2D eigenvalue weighted by atomic mass is 10.2. The molecule has 0 radical (unpaired) electrons. The van der Waals surface area contributed by atoms with Crippen molar-refractivity contribution < 1.29 is 9.72 Å². The predicted octanol–water partition coefficient (Wildman–Crippen LogP) is 4.92. The van der Waals surface area contributed by atoms with Crippen molar-refractivity contribution >= 4 is 56.4 Å². The van der Waals surface area contributed by atoms with Gasteiger partial charge < -0.3 is 5.32 Å². The molecule has 5 nitrogen and oxygen atoms in total. The summed E-state index contributed by atoms with van der Waals surface area (Å²) < 4.78 is 0.781. The first kappa shape index (κ1) is 15.8. The molecule has 21 heavy (non-hydrogen) atoms. The Balaban J connectivity index is 2.24. The maximum absolute atomic E-state index is 12.1. The van der Waals surface area contributed by atoms with Crippen LogP contribution in [0.25, 0.3) is 0 Å². The zero-order valence-corrected chi connectivity index (χ0v) is 13.4. The zero-order chi connectivity index (χ0) is 15.6. The Morgan fingerprint density at radius 3 is 2.43 bits per heavy atom. The largest absolute Gasteiger partial charge is 0.321 e. The molecule has 0 saturated heterocycles. The Labute approximate surface area is 138 Å². The summed E-state index contributed by atoms with van der Waals surface area (Å²) in [7, 11) is 0. The maximum atomic E-state index is 12.1. The summed E-state index contributed by atoms with van der Waals surface area (Å²) in [6.07, 6.45) is 0. The lowest BCUT2D eigenvalue weighted by Crippen LogP contribution is -2.12. The van der Waals surface area contributed by atoms with Crippen LogP contribution in [0.2, 0.25) is 10.0 Å². The molecule has 8 heteroatoms. The number of hydrogen-bond donors (Lipinski definition) is 1. The Morgan fingerprint density at radius 1 is 1.14 bits per heavy atom. The van der Waals surface area contributed by atoms with E-state index in [0.717, 1.165) is 4.47 Å². The van der Waals surface area contributed by atoms with Crippen LogP contribution in [0, 0.1) is 10.1 Å². The van der Waals surface area contributed by atoms with Gasteiger partial charge in [0.25, 0.3) is 11.6 Å². The second kappa shape index (κ2) is 6.43. The fraction of sp³-hybridized carbons (Fsp3) is 0. The third kappa shape index (κ3) is 3.72. The van der Waals surface area contributed by atoms with Gasteiger partial charge in [-0.25, -0.2) is 0 Å². The average Bonchev–Trinajstić information content (AvgIpc) is 2.41. The van der Waals surface area contributed by atoms with Crippen LogP contribution in [0.5, 0.6) is 0 Å². The highest BCUT2D eigenvalue weighted by Crippen LogP contribution is 2.28. The third-order valence-electron chi connectivity index (χ3n) is 2.59. The van der Waals surface area contributed by atoms with Crippen molar-refractivity contribution in [1.82, 2.24) is 0 Å². The van der Waals surface area contributed by atoms with E-state index in [0.29, 0.717) is 10.7 Å². The van der Waals surface area contributed by atoms with E-state index in [-0.39, 0.29) is 16.3 Å². The summed E-state index contributed by atoms with van der Waals surface area (Å²) in [5.41, 5.74) is 0.374. The van der Waals surface area contributed by atoms with E-state index in [1.165, 1.54) is 18.2 Å². The molecule has 0 bridgehead atoms. The molecular formula is C13H7BrCl2N2O3. The molecule has 2 aromatic rings. The standard InChI is InChI=1S/C13H7BrCl2N2O3/c14-8-2-3-11(9(15)6-8)17-13(19)7-1-4-12(18(20)21)10(16)5-7/h1-6H,(H,17,19). The second-order valence-electron chi connectivity index (χ2n) is 4.00. The van der Waals surface area contributed by atoms with Gasteiger partial charge in [-0.1, -0.05) is 39.1 Å². The number of nitro benzene ring substituents is 1. The van der Waals surface area contributed by atoms with Gasteiger partial charge in [-0.15, -0.1) is 0 Å². The van der Waals surface area contributed by atoms with Crippen molar-refractivity contribution in [2.75, 3.05) is 5.32 Å². The van der Waals surface area contributed by atoms with Gasteiger partial charge in [-0.2, -0.15) is 0 Å². The number of carbonyl (C=O) groups is 1. The van der Waals surface area contributed by atoms with Crippen molar-refractivity contribution in [3.63, 3.8) is 0 Å². The number of amides is 1. The van der Waals surface area contributed by atoms with E-state index in [9.17, 15) is 14.9 Å². The molecule has 0 saturated carbocycles. The Morgan fingerprint density at radius 2 is 1.86 bits per heavy atom. The van der Waals surface area contributed by atoms with Gasteiger partial charge >= 0.3 is 0 Å². The molecule has 0 aliphatic carbocycles. The molecule has 1 amide bonds. The van der Waals surface area contributed by atoms with E-state index in [4.69, 9.17) is 23.2 Å². The van der Waals surface area contributed by atoms with Gasteiger partial charge in [0.05, 0.1) is 15.6 Å². The molecule has 0 aliphatic rings. The lowest BCUT2D eigenvalue weighted by molar-refractivity contribution is -0.384. The van der Waals surface area contributed by atoms with Crippen LogP contribution in [-0.2, 0) is 0 Å². The van der Waals surface area contributed by atoms with Gasteiger partial charge in [0.15, 0.2) is 0 Å². The summed E-state index contributed by atoms with van der Waals surface area (Å²) in [5, 5.41) is 13.5. The number of hydrogen-bond acceptors (Lipinski definition) is 3. The molecule has 108 valence electrons.